The van der Waals surface area contributed by atoms with Gasteiger partial charge in [0.2, 0.25) is 0 Å². The van der Waals surface area contributed by atoms with E-state index in [1.165, 1.54) is 83.6 Å². The molecule has 0 saturated carbocycles. The van der Waals surface area contributed by atoms with Crippen LogP contribution in [0.3, 0.4) is 0 Å². The average molecular weight is 495 g/mol. The zero-order valence-electron chi connectivity index (χ0n) is 18.3. The molecule has 35 heavy (non-hydrogen) atoms. The van der Waals surface area contributed by atoms with Crippen LogP contribution in [-0.2, 0) is 0 Å². The molecule has 3 aliphatic rings. The number of nitrogens with zero attached hydrogens (tertiary/aromatic N) is 1. The van der Waals surface area contributed by atoms with Gasteiger partial charge >= 0.3 is 0 Å². The molecule has 0 aliphatic carbocycles. The summed E-state index contributed by atoms with van der Waals surface area (Å²) in [7, 11) is 0. The fraction of sp³-hybridized carbons (Fsp3) is 0. The minimum absolute atomic E-state index is 0.326. The Kier molecular flexibility index (Phi) is 3.11. The lowest BCUT2D eigenvalue weighted by molar-refractivity contribution is 1.16. The summed E-state index contributed by atoms with van der Waals surface area (Å²) in [5.74, 6) is 0. The highest BCUT2D eigenvalue weighted by Gasteiger charge is 2.44. The van der Waals surface area contributed by atoms with Gasteiger partial charge in [0.25, 0.3) is 6.71 Å². The maximum absolute atomic E-state index is 2.59. The largest absolute Gasteiger partial charge is 0.310 e. The van der Waals surface area contributed by atoms with E-state index in [1.54, 1.807) is 0 Å². The van der Waals surface area contributed by atoms with Crippen molar-refractivity contribution in [2.24, 2.45) is 0 Å². The SMILES string of the molecule is c1cc2c3c(c1)Sc1ccc4c5cc6c(cc5n5c4c1B3c1c(cccc1-5)S2)sc1ccccc16. The molecule has 0 saturated heterocycles. The quantitative estimate of drug-likeness (QED) is 0.211. The lowest BCUT2D eigenvalue weighted by Crippen LogP contribution is -2.61. The molecule has 5 aromatic carbocycles. The van der Waals surface area contributed by atoms with Crippen molar-refractivity contribution in [2.75, 3.05) is 0 Å². The third-order valence-corrected chi connectivity index (χ3v) is 11.5. The number of hydrogen-bond donors (Lipinski definition) is 0. The van der Waals surface area contributed by atoms with Gasteiger partial charge in [0, 0.05) is 56.2 Å². The monoisotopic (exact) mass is 495 g/mol. The molecule has 0 amide bonds. The Morgan fingerprint density at radius 2 is 1.31 bits per heavy atom. The minimum atomic E-state index is 0.326. The first kappa shape index (κ1) is 18.2. The fourth-order valence-corrected chi connectivity index (χ4v) is 10.3. The molecular weight excluding hydrogens is 481 g/mol. The van der Waals surface area contributed by atoms with Gasteiger partial charge in [0.05, 0.1) is 11.0 Å². The third-order valence-electron chi connectivity index (χ3n) is 8.04. The van der Waals surface area contributed by atoms with Crippen molar-refractivity contribution in [1.29, 1.82) is 0 Å². The van der Waals surface area contributed by atoms with E-state index in [-0.39, 0.29) is 0 Å². The summed E-state index contributed by atoms with van der Waals surface area (Å²) in [4.78, 5) is 5.66. The summed E-state index contributed by atoms with van der Waals surface area (Å²) in [6.45, 7) is 0.326. The lowest BCUT2D eigenvalue weighted by atomic mass is 9.35. The molecule has 0 radical (unpaired) electrons. The van der Waals surface area contributed by atoms with Crippen molar-refractivity contribution in [3.05, 3.63) is 84.9 Å². The van der Waals surface area contributed by atoms with E-state index in [4.69, 9.17) is 0 Å². The van der Waals surface area contributed by atoms with Crippen LogP contribution in [0.4, 0.5) is 0 Å². The van der Waals surface area contributed by atoms with Crippen LogP contribution < -0.4 is 16.4 Å². The van der Waals surface area contributed by atoms with Gasteiger partial charge in [-0.15, -0.1) is 11.3 Å². The van der Waals surface area contributed by atoms with Crippen LogP contribution in [0.15, 0.2) is 105 Å². The molecule has 160 valence electrons. The molecule has 0 spiro atoms. The number of aromatic nitrogens is 1. The van der Waals surface area contributed by atoms with E-state index in [2.05, 4.69) is 89.5 Å². The van der Waals surface area contributed by atoms with Gasteiger partial charge in [0.1, 0.15) is 0 Å². The van der Waals surface area contributed by atoms with Crippen molar-refractivity contribution >= 4 is 99.9 Å². The van der Waals surface area contributed by atoms with Crippen LogP contribution >= 0.6 is 34.9 Å². The number of fused-ring (bicyclic) bond motifs is 7. The van der Waals surface area contributed by atoms with Gasteiger partial charge in [-0.05, 0) is 64.9 Å². The fourth-order valence-electron chi connectivity index (χ4n) is 6.71. The molecule has 10 rings (SSSR count). The molecule has 5 heteroatoms. The zero-order chi connectivity index (χ0) is 22.4. The van der Waals surface area contributed by atoms with Crippen molar-refractivity contribution in [1.82, 2.24) is 4.57 Å². The van der Waals surface area contributed by atoms with Crippen LogP contribution in [-0.4, -0.2) is 11.3 Å². The molecule has 0 N–H and O–H groups in total. The molecule has 0 bridgehead atoms. The lowest BCUT2D eigenvalue weighted by Gasteiger charge is -2.37. The highest BCUT2D eigenvalue weighted by molar-refractivity contribution is 8.01. The Hall–Kier alpha value is -3.12. The van der Waals surface area contributed by atoms with E-state index < -0.39 is 0 Å². The first-order valence-electron chi connectivity index (χ1n) is 11.9. The molecule has 0 unspecified atom stereocenters. The summed E-state index contributed by atoms with van der Waals surface area (Å²) < 4.78 is 5.32. The van der Waals surface area contributed by atoms with Gasteiger partial charge in [-0.1, -0.05) is 59.9 Å². The normalized spacial score (nSPS) is 14.6. The van der Waals surface area contributed by atoms with Crippen LogP contribution in [0, 0.1) is 0 Å². The van der Waals surface area contributed by atoms with Crippen molar-refractivity contribution in [3.63, 3.8) is 0 Å². The van der Waals surface area contributed by atoms with Gasteiger partial charge < -0.3 is 4.57 Å². The van der Waals surface area contributed by atoms with Gasteiger partial charge in [-0.25, -0.2) is 0 Å². The Morgan fingerprint density at radius 3 is 2.20 bits per heavy atom. The molecule has 3 aliphatic heterocycles. The summed E-state index contributed by atoms with van der Waals surface area (Å²) in [5.41, 5.74) is 8.63. The maximum Gasteiger partial charge on any atom is 0.252 e. The molecule has 0 fully saturated rings. The summed E-state index contributed by atoms with van der Waals surface area (Å²) in [5, 5.41) is 5.49. The van der Waals surface area contributed by atoms with Gasteiger partial charge in [-0.2, -0.15) is 0 Å². The second-order valence-electron chi connectivity index (χ2n) is 9.67. The summed E-state index contributed by atoms with van der Waals surface area (Å²) in [6, 6.07) is 32.3. The topological polar surface area (TPSA) is 4.93 Å². The van der Waals surface area contributed by atoms with Crippen LogP contribution in [0.1, 0.15) is 0 Å². The second-order valence-corrected chi connectivity index (χ2v) is 12.9. The van der Waals surface area contributed by atoms with Gasteiger partial charge in [-0.3, -0.25) is 0 Å². The maximum atomic E-state index is 2.59. The molecule has 2 aromatic heterocycles. The van der Waals surface area contributed by atoms with Crippen LogP contribution in [0.25, 0.3) is 47.7 Å². The first-order valence-corrected chi connectivity index (χ1v) is 14.3. The van der Waals surface area contributed by atoms with Crippen molar-refractivity contribution in [3.8, 4) is 5.69 Å². The number of hydrogen-bond acceptors (Lipinski definition) is 3. The molecule has 5 heterocycles. The van der Waals surface area contributed by atoms with Crippen LogP contribution in [0.5, 0.6) is 0 Å². The minimum Gasteiger partial charge on any atom is -0.310 e. The Labute approximate surface area is 213 Å². The van der Waals surface area contributed by atoms with E-state index in [1.807, 2.05) is 34.9 Å². The Bertz CT molecular complexity index is 2120. The third kappa shape index (κ3) is 2.02. The predicted octanol–water partition coefficient (Wildman–Crippen LogP) is 6.91. The molecule has 1 nitrogen and oxygen atoms in total. The zero-order valence-corrected chi connectivity index (χ0v) is 20.8. The Morgan fingerprint density at radius 1 is 0.543 bits per heavy atom. The summed E-state index contributed by atoms with van der Waals surface area (Å²) >= 11 is 5.81. The number of thiophene rings is 1. The summed E-state index contributed by atoms with van der Waals surface area (Å²) in [6.07, 6.45) is 0. The molecular formula is C30H14BNS3. The predicted molar refractivity (Wildman–Crippen MR) is 153 cm³/mol. The van der Waals surface area contributed by atoms with Crippen molar-refractivity contribution < 1.29 is 0 Å². The molecule has 0 atom stereocenters. The Balaban J connectivity index is 1.46. The smallest absolute Gasteiger partial charge is 0.252 e. The first-order chi connectivity index (χ1) is 17.3. The van der Waals surface area contributed by atoms with Crippen molar-refractivity contribution in [2.45, 2.75) is 19.6 Å². The second kappa shape index (κ2) is 5.99. The van der Waals surface area contributed by atoms with E-state index in [0.29, 0.717) is 6.71 Å². The van der Waals surface area contributed by atoms with Crippen LogP contribution in [0.2, 0.25) is 0 Å². The standard InChI is InChI=1S/C30H14BNS3/c1-2-7-21-15(5-1)18-13-17-16-11-12-25-29-30(16)32(20(17)14-26(18)33-21)19-6-3-8-22-27(19)31(29)28-23(34-22)9-4-10-24(28)35-25/h1-14H. The average Bonchev–Trinajstić information content (AvgIpc) is 3.42. The van der Waals surface area contributed by atoms with E-state index in [0.717, 1.165) is 0 Å². The highest BCUT2D eigenvalue weighted by atomic mass is 32.2. The van der Waals surface area contributed by atoms with Gasteiger partial charge in [0.15, 0.2) is 0 Å². The van der Waals surface area contributed by atoms with E-state index in [9.17, 15) is 0 Å². The number of benzene rings is 5. The van der Waals surface area contributed by atoms with E-state index >= 15 is 0 Å². The molecule has 7 aromatic rings. The highest BCUT2D eigenvalue weighted by Crippen LogP contribution is 2.46. The number of rotatable bonds is 0.